The largest absolute Gasteiger partial charge is 0.461 e. The summed E-state index contributed by atoms with van der Waals surface area (Å²) in [5.74, 6) is 1.00. The molecule has 3 aromatic rings. The van der Waals surface area contributed by atoms with E-state index in [9.17, 15) is 8.42 Å². The van der Waals surface area contributed by atoms with Crippen molar-refractivity contribution in [2.75, 3.05) is 6.54 Å². The Bertz CT molecular complexity index is 918. The van der Waals surface area contributed by atoms with Crippen molar-refractivity contribution >= 4 is 21.6 Å². The Morgan fingerprint density at radius 1 is 1.16 bits per heavy atom. The average molecular weight is 381 g/mol. The first kappa shape index (κ1) is 17.7. The molecule has 0 fully saturated rings. The minimum Gasteiger partial charge on any atom is -0.461 e. The van der Waals surface area contributed by atoms with Gasteiger partial charge >= 0.3 is 0 Å². The Morgan fingerprint density at radius 2 is 1.92 bits per heavy atom. The highest BCUT2D eigenvalue weighted by Gasteiger charge is 2.25. The third kappa shape index (κ3) is 3.95. The Hall–Kier alpha value is -2.09. The van der Waals surface area contributed by atoms with Crippen LogP contribution in [0.5, 0.6) is 0 Å². The third-order valence-electron chi connectivity index (χ3n) is 3.59. The lowest BCUT2D eigenvalue weighted by Crippen LogP contribution is -2.31. The van der Waals surface area contributed by atoms with E-state index in [1.807, 2.05) is 6.92 Å². The second-order valence-electron chi connectivity index (χ2n) is 5.45. The summed E-state index contributed by atoms with van der Waals surface area (Å²) < 4.78 is 37.6. The number of aromatic nitrogens is 1. The van der Waals surface area contributed by atoms with Crippen LogP contribution in [0, 0.1) is 0 Å². The number of benzene rings is 1. The SMILES string of the molecule is CCCN(Cc1cc(-c2ccco2)on1)S(=O)(=O)c1ccc(Cl)cc1. The molecule has 25 heavy (non-hydrogen) atoms. The second-order valence-corrected chi connectivity index (χ2v) is 7.83. The van der Waals surface area contributed by atoms with Crippen LogP contribution in [0.2, 0.25) is 5.02 Å². The summed E-state index contributed by atoms with van der Waals surface area (Å²) in [5.41, 5.74) is 0.511. The van der Waals surface area contributed by atoms with Crippen molar-refractivity contribution in [1.29, 1.82) is 0 Å². The number of sulfonamides is 1. The van der Waals surface area contributed by atoms with Crippen LogP contribution in [0.4, 0.5) is 0 Å². The van der Waals surface area contributed by atoms with Gasteiger partial charge in [0.05, 0.1) is 23.4 Å². The van der Waals surface area contributed by atoms with E-state index in [1.54, 1.807) is 30.3 Å². The van der Waals surface area contributed by atoms with E-state index in [4.69, 9.17) is 20.5 Å². The lowest BCUT2D eigenvalue weighted by Gasteiger charge is -2.20. The van der Waals surface area contributed by atoms with Crippen molar-refractivity contribution in [3.63, 3.8) is 0 Å². The van der Waals surface area contributed by atoms with Crippen LogP contribution in [-0.2, 0) is 16.6 Å². The van der Waals surface area contributed by atoms with Gasteiger partial charge in [0.2, 0.25) is 15.8 Å². The lowest BCUT2D eigenvalue weighted by atomic mass is 10.3. The molecule has 1 aromatic carbocycles. The normalized spacial score (nSPS) is 12.0. The fourth-order valence-corrected chi connectivity index (χ4v) is 4.02. The molecule has 132 valence electrons. The van der Waals surface area contributed by atoms with Crippen LogP contribution in [0.1, 0.15) is 19.0 Å². The van der Waals surface area contributed by atoms with Gasteiger partial charge in [-0.15, -0.1) is 0 Å². The third-order valence-corrected chi connectivity index (χ3v) is 5.70. The van der Waals surface area contributed by atoms with Gasteiger partial charge < -0.3 is 8.94 Å². The number of rotatable bonds is 7. The Morgan fingerprint density at radius 3 is 2.56 bits per heavy atom. The quantitative estimate of drug-likeness (QED) is 0.614. The molecule has 0 amide bonds. The summed E-state index contributed by atoms with van der Waals surface area (Å²) in [6.45, 7) is 2.40. The maximum atomic E-state index is 12.9. The van der Waals surface area contributed by atoms with Gasteiger partial charge in [-0.1, -0.05) is 23.7 Å². The summed E-state index contributed by atoms with van der Waals surface area (Å²) in [4.78, 5) is 0.195. The smallest absolute Gasteiger partial charge is 0.243 e. The molecule has 3 rings (SSSR count). The van der Waals surface area contributed by atoms with E-state index in [0.29, 0.717) is 35.2 Å². The average Bonchev–Trinajstić information content (AvgIpc) is 3.26. The van der Waals surface area contributed by atoms with E-state index in [1.165, 1.54) is 22.7 Å². The van der Waals surface area contributed by atoms with Gasteiger partial charge in [-0.05, 0) is 42.8 Å². The Kier molecular flexibility index (Phi) is 5.27. The van der Waals surface area contributed by atoms with Gasteiger partial charge in [0.15, 0.2) is 5.76 Å². The molecule has 0 spiro atoms. The molecule has 0 bridgehead atoms. The molecule has 0 saturated heterocycles. The van der Waals surface area contributed by atoms with Gasteiger partial charge in [-0.25, -0.2) is 8.42 Å². The number of halogens is 1. The molecule has 0 unspecified atom stereocenters. The second kappa shape index (κ2) is 7.43. The zero-order valence-electron chi connectivity index (χ0n) is 13.6. The number of nitrogens with zero attached hydrogens (tertiary/aromatic N) is 2. The van der Waals surface area contributed by atoms with Crippen molar-refractivity contribution < 1.29 is 17.4 Å². The molecular weight excluding hydrogens is 364 g/mol. The van der Waals surface area contributed by atoms with Gasteiger partial charge in [0.1, 0.15) is 0 Å². The van der Waals surface area contributed by atoms with Crippen LogP contribution >= 0.6 is 11.6 Å². The molecule has 0 aliphatic rings. The summed E-state index contributed by atoms with van der Waals surface area (Å²) in [6.07, 6.45) is 2.21. The van der Waals surface area contributed by atoms with Crippen molar-refractivity contribution in [2.24, 2.45) is 0 Å². The molecule has 6 nitrogen and oxygen atoms in total. The van der Waals surface area contributed by atoms with Crippen LogP contribution in [0.3, 0.4) is 0 Å². The Balaban J connectivity index is 1.85. The van der Waals surface area contributed by atoms with E-state index in [2.05, 4.69) is 5.16 Å². The summed E-state index contributed by atoms with van der Waals surface area (Å²) >= 11 is 5.84. The van der Waals surface area contributed by atoms with Gasteiger partial charge in [-0.2, -0.15) is 4.31 Å². The monoisotopic (exact) mass is 380 g/mol. The minimum absolute atomic E-state index is 0.114. The lowest BCUT2D eigenvalue weighted by molar-refractivity contribution is 0.372. The highest BCUT2D eigenvalue weighted by atomic mass is 35.5. The van der Waals surface area contributed by atoms with E-state index in [-0.39, 0.29) is 11.4 Å². The van der Waals surface area contributed by atoms with Gasteiger partial charge in [-0.3, -0.25) is 0 Å². The number of furan rings is 1. The predicted molar refractivity (Wildman–Crippen MR) is 93.5 cm³/mol. The Labute approximate surface area is 151 Å². The van der Waals surface area contributed by atoms with Crippen molar-refractivity contribution in [3.05, 3.63) is 59.4 Å². The van der Waals surface area contributed by atoms with Crippen LogP contribution in [0.15, 0.2) is 62.6 Å². The van der Waals surface area contributed by atoms with Crippen molar-refractivity contribution in [3.8, 4) is 11.5 Å². The molecule has 8 heteroatoms. The number of hydrogen-bond donors (Lipinski definition) is 0. The summed E-state index contributed by atoms with van der Waals surface area (Å²) in [7, 11) is -3.65. The van der Waals surface area contributed by atoms with E-state index < -0.39 is 10.0 Å². The molecule has 2 aromatic heterocycles. The maximum absolute atomic E-state index is 12.9. The zero-order valence-corrected chi connectivity index (χ0v) is 15.1. The van der Waals surface area contributed by atoms with Crippen LogP contribution in [0.25, 0.3) is 11.5 Å². The predicted octanol–water partition coefficient (Wildman–Crippen LogP) is 4.19. The zero-order chi connectivity index (χ0) is 17.9. The molecule has 0 saturated carbocycles. The topological polar surface area (TPSA) is 76.6 Å². The van der Waals surface area contributed by atoms with E-state index >= 15 is 0 Å². The summed E-state index contributed by atoms with van der Waals surface area (Å²) in [6, 6.07) is 11.3. The fourth-order valence-electron chi connectivity index (χ4n) is 2.39. The first-order valence-corrected chi connectivity index (χ1v) is 9.57. The van der Waals surface area contributed by atoms with E-state index in [0.717, 1.165) is 0 Å². The first-order valence-electron chi connectivity index (χ1n) is 7.76. The fraction of sp³-hybridized carbons (Fsp3) is 0.235. The highest BCUT2D eigenvalue weighted by Crippen LogP contribution is 2.24. The maximum Gasteiger partial charge on any atom is 0.243 e. The van der Waals surface area contributed by atoms with Crippen LogP contribution < -0.4 is 0 Å². The van der Waals surface area contributed by atoms with Crippen molar-refractivity contribution in [1.82, 2.24) is 9.46 Å². The van der Waals surface area contributed by atoms with Gasteiger partial charge in [0, 0.05) is 17.6 Å². The van der Waals surface area contributed by atoms with Crippen molar-refractivity contribution in [2.45, 2.75) is 24.8 Å². The highest BCUT2D eigenvalue weighted by molar-refractivity contribution is 7.89. The molecule has 0 atom stereocenters. The van der Waals surface area contributed by atoms with Crippen LogP contribution in [-0.4, -0.2) is 24.4 Å². The molecule has 0 N–H and O–H groups in total. The molecular formula is C17H17ClN2O4S. The molecule has 2 heterocycles. The molecule has 0 aliphatic carbocycles. The minimum atomic E-state index is -3.65. The first-order chi connectivity index (χ1) is 12.0. The summed E-state index contributed by atoms with van der Waals surface area (Å²) in [5, 5.41) is 4.44. The molecule has 0 radical (unpaired) electrons. The van der Waals surface area contributed by atoms with Gasteiger partial charge in [0.25, 0.3) is 0 Å². The number of hydrogen-bond acceptors (Lipinski definition) is 5. The standard InChI is InChI=1S/C17H17ClN2O4S/c1-2-9-20(25(21,22)15-7-5-13(18)6-8-15)12-14-11-17(24-19-14)16-4-3-10-23-16/h3-8,10-11H,2,9,12H2,1H3. The molecule has 0 aliphatic heterocycles.